The first-order valence-corrected chi connectivity index (χ1v) is 5.90. The number of hydrogen-bond donors (Lipinski definition) is 1. The maximum Gasteiger partial charge on any atom is 0.375 e. The molecule has 1 fully saturated rings. The molecule has 0 aliphatic heterocycles. The van der Waals surface area contributed by atoms with E-state index in [1.807, 2.05) is 0 Å². The third-order valence-corrected chi connectivity index (χ3v) is 2.99. The van der Waals surface area contributed by atoms with Crippen LogP contribution in [-0.2, 0) is 0 Å². The first-order chi connectivity index (χ1) is 9.19. The highest BCUT2D eigenvalue weighted by atomic mass is 16.4. The van der Waals surface area contributed by atoms with E-state index in [9.17, 15) is 4.79 Å². The predicted molar refractivity (Wildman–Crippen MR) is 65.0 cm³/mol. The van der Waals surface area contributed by atoms with Crippen LogP contribution in [0, 0.1) is 11.3 Å². The second kappa shape index (κ2) is 4.21. The van der Waals surface area contributed by atoms with Crippen LogP contribution in [0.15, 0.2) is 24.3 Å². The molecule has 1 heterocycles. The van der Waals surface area contributed by atoms with Gasteiger partial charge < -0.3 is 5.11 Å². The molecule has 1 aliphatic rings. The minimum atomic E-state index is -1.14. The highest BCUT2D eigenvalue weighted by Crippen LogP contribution is 2.39. The molecule has 0 radical (unpaired) electrons. The van der Waals surface area contributed by atoms with Gasteiger partial charge in [-0.25, -0.2) is 14.5 Å². The number of nitrogens with zero attached hydrogens (tertiary/aromatic N) is 4. The van der Waals surface area contributed by atoms with Crippen molar-refractivity contribution < 1.29 is 9.90 Å². The number of aromatic nitrogens is 3. The van der Waals surface area contributed by atoms with Gasteiger partial charge in [0.1, 0.15) is 5.82 Å². The van der Waals surface area contributed by atoms with E-state index in [-0.39, 0.29) is 11.7 Å². The summed E-state index contributed by atoms with van der Waals surface area (Å²) in [6.07, 6.45) is 1.99. The van der Waals surface area contributed by atoms with Crippen molar-refractivity contribution in [2.45, 2.75) is 18.8 Å². The molecule has 1 aliphatic carbocycles. The summed E-state index contributed by atoms with van der Waals surface area (Å²) in [5.74, 6) is -0.416. The van der Waals surface area contributed by atoms with E-state index < -0.39 is 5.97 Å². The molecule has 0 amide bonds. The molecule has 94 valence electrons. The lowest BCUT2D eigenvalue weighted by molar-refractivity contribution is 0.0683. The SMILES string of the molecule is N#Cc1cccc(-n2nc(C(=O)O)nc2C2CC2)c1. The summed E-state index contributed by atoms with van der Waals surface area (Å²) >= 11 is 0. The smallest absolute Gasteiger partial charge is 0.375 e. The molecule has 0 unspecified atom stereocenters. The fraction of sp³-hybridized carbons (Fsp3) is 0.231. The standard InChI is InChI=1S/C13H10N4O2/c14-7-8-2-1-3-10(6-8)17-12(9-4-5-9)15-11(16-17)13(18)19/h1-3,6,9H,4-5H2,(H,18,19). The van der Waals surface area contributed by atoms with Crippen molar-refractivity contribution in [1.82, 2.24) is 14.8 Å². The Labute approximate surface area is 108 Å². The minimum Gasteiger partial charge on any atom is -0.475 e. The van der Waals surface area contributed by atoms with Gasteiger partial charge in [-0.05, 0) is 31.0 Å². The zero-order valence-electron chi connectivity index (χ0n) is 9.95. The quantitative estimate of drug-likeness (QED) is 0.900. The normalized spacial score (nSPS) is 14.1. The molecule has 3 rings (SSSR count). The Balaban J connectivity index is 2.12. The average molecular weight is 254 g/mol. The van der Waals surface area contributed by atoms with E-state index in [1.54, 1.807) is 24.3 Å². The molecule has 6 heteroatoms. The van der Waals surface area contributed by atoms with Crippen LogP contribution < -0.4 is 0 Å². The summed E-state index contributed by atoms with van der Waals surface area (Å²) in [7, 11) is 0. The van der Waals surface area contributed by atoms with Crippen molar-refractivity contribution in [2.24, 2.45) is 0 Å². The van der Waals surface area contributed by atoms with Crippen LogP contribution in [0.1, 0.15) is 40.8 Å². The maximum atomic E-state index is 11.0. The molecular weight excluding hydrogens is 244 g/mol. The summed E-state index contributed by atoms with van der Waals surface area (Å²) in [6, 6.07) is 8.94. The Bertz CT molecular complexity index is 695. The first-order valence-electron chi connectivity index (χ1n) is 5.90. The monoisotopic (exact) mass is 254 g/mol. The fourth-order valence-corrected chi connectivity index (χ4v) is 1.92. The Morgan fingerprint density at radius 3 is 2.89 bits per heavy atom. The molecule has 6 nitrogen and oxygen atoms in total. The zero-order chi connectivity index (χ0) is 13.4. The molecule has 0 saturated heterocycles. The minimum absolute atomic E-state index is 0.204. The fourth-order valence-electron chi connectivity index (χ4n) is 1.92. The zero-order valence-corrected chi connectivity index (χ0v) is 9.95. The van der Waals surface area contributed by atoms with Gasteiger partial charge in [0, 0.05) is 5.92 Å². The van der Waals surface area contributed by atoms with Crippen molar-refractivity contribution >= 4 is 5.97 Å². The molecule has 2 aromatic rings. The molecular formula is C13H10N4O2. The Morgan fingerprint density at radius 1 is 1.47 bits per heavy atom. The largest absolute Gasteiger partial charge is 0.475 e. The molecule has 0 spiro atoms. The van der Waals surface area contributed by atoms with Crippen molar-refractivity contribution in [3.8, 4) is 11.8 Å². The van der Waals surface area contributed by atoms with Gasteiger partial charge >= 0.3 is 5.97 Å². The number of rotatable bonds is 3. The van der Waals surface area contributed by atoms with E-state index in [1.165, 1.54) is 4.68 Å². The Morgan fingerprint density at radius 2 is 2.26 bits per heavy atom. The van der Waals surface area contributed by atoms with Gasteiger partial charge in [-0.3, -0.25) is 0 Å². The van der Waals surface area contributed by atoms with E-state index in [2.05, 4.69) is 16.2 Å². The molecule has 1 aromatic carbocycles. The van der Waals surface area contributed by atoms with Gasteiger partial charge in [-0.15, -0.1) is 5.10 Å². The molecule has 1 saturated carbocycles. The number of carboxylic acid groups (broad SMARTS) is 1. The molecule has 0 bridgehead atoms. The highest BCUT2D eigenvalue weighted by molar-refractivity contribution is 5.83. The molecule has 1 aromatic heterocycles. The number of carbonyl (C=O) groups is 1. The molecule has 1 N–H and O–H groups in total. The van der Waals surface area contributed by atoms with E-state index in [0.29, 0.717) is 17.1 Å². The molecule has 19 heavy (non-hydrogen) atoms. The molecule has 0 atom stereocenters. The third-order valence-electron chi connectivity index (χ3n) is 2.99. The van der Waals surface area contributed by atoms with Crippen molar-refractivity contribution in [3.63, 3.8) is 0 Å². The van der Waals surface area contributed by atoms with Gasteiger partial charge in [-0.1, -0.05) is 6.07 Å². The van der Waals surface area contributed by atoms with E-state index in [4.69, 9.17) is 10.4 Å². The number of hydrogen-bond acceptors (Lipinski definition) is 4. The number of aromatic carboxylic acids is 1. The average Bonchev–Trinajstić information content (AvgIpc) is 3.17. The highest BCUT2D eigenvalue weighted by Gasteiger charge is 2.31. The summed E-state index contributed by atoms with van der Waals surface area (Å²) in [6.45, 7) is 0. The van der Waals surface area contributed by atoms with Crippen LogP contribution in [0.3, 0.4) is 0 Å². The maximum absolute atomic E-state index is 11.0. The van der Waals surface area contributed by atoms with E-state index in [0.717, 1.165) is 12.8 Å². The second-order valence-electron chi connectivity index (χ2n) is 4.45. The van der Waals surface area contributed by atoms with Gasteiger partial charge in [0.25, 0.3) is 5.82 Å². The first kappa shape index (κ1) is 11.4. The van der Waals surface area contributed by atoms with Crippen LogP contribution in [0.5, 0.6) is 0 Å². The van der Waals surface area contributed by atoms with Gasteiger partial charge in [0.2, 0.25) is 0 Å². The third kappa shape index (κ3) is 2.06. The lowest BCUT2D eigenvalue weighted by Crippen LogP contribution is -2.03. The van der Waals surface area contributed by atoms with Crippen LogP contribution in [0.4, 0.5) is 0 Å². The van der Waals surface area contributed by atoms with Crippen LogP contribution in [-0.4, -0.2) is 25.8 Å². The Kier molecular flexibility index (Phi) is 2.53. The van der Waals surface area contributed by atoms with Gasteiger partial charge in [0.05, 0.1) is 17.3 Å². The topological polar surface area (TPSA) is 91.8 Å². The van der Waals surface area contributed by atoms with Gasteiger partial charge in [0.15, 0.2) is 0 Å². The lowest BCUT2D eigenvalue weighted by atomic mass is 10.2. The van der Waals surface area contributed by atoms with Crippen LogP contribution in [0.2, 0.25) is 0 Å². The summed E-state index contributed by atoms with van der Waals surface area (Å²) < 4.78 is 1.53. The van der Waals surface area contributed by atoms with Crippen LogP contribution in [0.25, 0.3) is 5.69 Å². The number of benzene rings is 1. The predicted octanol–water partition coefficient (Wildman–Crippen LogP) is 1.71. The van der Waals surface area contributed by atoms with Crippen molar-refractivity contribution in [2.75, 3.05) is 0 Å². The summed E-state index contributed by atoms with van der Waals surface area (Å²) in [4.78, 5) is 15.0. The van der Waals surface area contributed by atoms with E-state index >= 15 is 0 Å². The Hall–Kier alpha value is -2.68. The number of carboxylic acids is 1. The van der Waals surface area contributed by atoms with Gasteiger partial charge in [-0.2, -0.15) is 5.26 Å². The second-order valence-corrected chi connectivity index (χ2v) is 4.45. The number of nitriles is 1. The summed E-state index contributed by atoms with van der Waals surface area (Å²) in [5, 5.41) is 21.9. The lowest BCUT2D eigenvalue weighted by Gasteiger charge is -2.04. The summed E-state index contributed by atoms with van der Waals surface area (Å²) in [5.41, 5.74) is 1.17. The van der Waals surface area contributed by atoms with Crippen molar-refractivity contribution in [3.05, 3.63) is 41.5 Å². The van der Waals surface area contributed by atoms with Crippen LogP contribution >= 0.6 is 0 Å². The van der Waals surface area contributed by atoms with Crippen molar-refractivity contribution in [1.29, 1.82) is 5.26 Å².